The molecule has 1 atom stereocenters. The zero-order valence-corrected chi connectivity index (χ0v) is 16.6. The zero-order valence-electron chi connectivity index (χ0n) is 16.6. The number of benzene rings is 2. The SMILES string of the molecule is COC=Cc1ccccc1C(C)(O)C=COCc1cc(C(F)(F)F)cc(C(F)(F)F)c1. The fourth-order valence-electron chi connectivity index (χ4n) is 2.76. The zero-order chi connectivity index (χ0) is 23.3. The van der Waals surface area contributed by atoms with Gasteiger partial charge in [-0.1, -0.05) is 24.3 Å². The van der Waals surface area contributed by atoms with Crippen LogP contribution in [0.15, 0.2) is 61.1 Å². The van der Waals surface area contributed by atoms with Gasteiger partial charge in [0.2, 0.25) is 0 Å². The van der Waals surface area contributed by atoms with Crippen molar-refractivity contribution in [1.82, 2.24) is 0 Å². The summed E-state index contributed by atoms with van der Waals surface area (Å²) in [5.74, 6) is 0. The molecule has 2 aromatic rings. The van der Waals surface area contributed by atoms with Crippen LogP contribution in [-0.2, 0) is 34.0 Å². The van der Waals surface area contributed by atoms with Crippen molar-refractivity contribution in [3.05, 3.63) is 88.9 Å². The molecule has 0 aromatic heterocycles. The smallest absolute Gasteiger partial charge is 0.416 e. The Morgan fingerprint density at radius 2 is 1.48 bits per heavy atom. The lowest BCUT2D eigenvalue weighted by molar-refractivity contribution is -0.143. The second-order valence-corrected chi connectivity index (χ2v) is 6.80. The second-order valence-electron chi connectivity index (χ2n) is 6.80. The van der Waals surface area contributed by atoms with Crippen molar-refractivity contribution in [3.8, 4) is 0 Å². The molecule has 2 aromatic carbocycles. The van der Waals surface area contributed by atoms with E-state index in [0.717, 1.165) is 6.26 Å². The first-order valence-corrected chi connectivity index (χ1v) is 8.93. The number of hydrogen-bond donors (Lipinski definition) is 1. The molecule has 0 spiro atoms. The molecule has 0 bridgehead atoms. The topological polar surface area (TPSA) is 38.7 Å². The Kier molecular flexibility index (Phi) is 7.43. The number of methoxy groups -OCH3 is 1. The molecular weight excluding hydrogens is 426 g/mol. The van der Waals surface area contributed by atoms with Gasteiger partial charge in [-0.15, -0.1) is 0 Å². The first-order chi connectivity index (χ1) is 14.3. The summed E-state index contributed by atoms with van der Waals surface area (Å²) in [7, 11) is 1.46. The van der Waals surface area contributed by atoms with Crippen molar-refractivity contribution in [3.63, 3.8) is 0 Å². The first kappa shape index (κ1) is 24.3. The van der Waals surface area contributed by atoms with Gasteiger partial charge >= 0.3 is 12.4 Å². The van der Waals surface area contributed by atoms with Crippen LogP contribution in [0.4, 0.5) is 26.3 Å². The van der Waals surface area contributed by atoms with Crippen LogP contribution in [0.25, 0.3) is 6.08 Å². The van der Waals surface area contributed by atoms with Crippen LogP contribution in [0, 0.1) is 0 Å². The van der Waals surface area contributed by atoms with E-state index < -0.39 is 35.7 Å². The highest BCUT2D eigenvalue weighted by Gasteiger charge is 2.36. The molecule has 1 N–H and O–H groups in total. The monoisotopic (exact) mass is 446 g/mol. The third kappa shape index (κ3) is 6.78. The summed E-state index contributed by atoms with van der Waals surface area (Å²) in [5, 5.41) is 10.7. The summed E-state index contributed by atoms with van der Waals surface area (Å²) in [6.07, 6.45) is -4.56. The summed E-state index contributed by atoms with van der Waals surface area (Å²) < 4.78 is 87.5. The molecule has 0 aliphatic rings. The fourth-order valence-corrected chi connectivity index (χ4v) is 2.76. The van der Waals surface area contributed by atoms with Gasteiger partial charge in [-0.2, -0.15) is 26.3 Å². The highest BCUT2D eigenvalue weighted by Crippen LogP contribution is 2.36. The average molecular weight is 446 g/mol. The van der Waals surface area contributed by atoms with E-state index in [2.05, 4.69) is 0 Å². The predicted octanol–water partition coefficient (Wildman–Crippen LogP) is 6.28. The van der Waals surface area contributed by atoms with E-state index in [1.807, 2.05) is 0 Å². The van der Waals surface area contributed by atoms with Crippen molar-refractivity contribution in [2.45, 2.75) is 31.5 Å². The van der Waals surface area contributed by atoms with Gasteiger partial charge in [0.25, 0.3) is 0 Å². The largest absolute Gasteiger partial charge is 0.504 e. The predicted molar refractivity (Wildman–Crippen MR) is 102 cm³/mol. The molecular formula is C22H20F6O3. The molecule has 0 fully saturated rings. The molecule has 0 saturated heterocycles. The summed E-state index contributed by atoms with van der Waals surface area (Å²) in [6.45, 7) is 0.906. The van der Waals surface area contributed by atoms with E-state index in [1.165, 1.54) is 26.4 Å². The molecule has 9 heteroatoms. The maximum absolute atomic E-state index is 12.9. The van der Waals surface area contributed by atoms with Gasteiger partial charge < -0.3 is 14.6 Å². The minimum atomic E-state index is -4.94. The van der Waals surface area contributed by atoms with Crippen molar-refractivity contribution in [1.29, 1.82) is 0 Å². The second kappa shape index (κ2) is 9.47. The number of hydrogen-bond acceptors (Lipinski definition) is 3. The Balaban J connectivity index is 2.20. The third-order valence-corrected chi connectivity index (χ3v) is 4.28. The van der Waals surface area contributed by atoms with E-state index >= 15 is 0 Å². The van der Waals surface area contributed by atoms with Crippen LogP contribution >= 0.6 is 0 Å². The quantitative estimate of drug-likeness (QED) is 0.402. The number of ether oxygens (including phenoxy) is 2. The maximum atomic E-state index is 12.9. The minimum Gasteiger partial charge on any atom is -0.504 e. The van der Waals surface area contributed by atoms with Crippen LogP contribution in [0.1, 0.15) is 34.7 Å². The maximum Gasteiger partial charge on any atom is 0.416 e. The normalized spacial score (nSPS) is 14.7. The van der Waals surface area contributed by atoms with E-state index in [4.69, 9.17) is 9.47 Å². The highest BCUT2D eigenvalue weighted by atomic mass is 19.4. The molecule has 2 rings (SSSR count). The van der Waals surface area contributed by atoms with Crippen LogP contribution in [0.3, 0.4) is 0 Å². The van der Waals surface area contributed by atoms with Crippen LogP contribution < -0.4 is 0 Å². The Hall–Kier alpha value is -2.94. The molecule has 0 amide bonds. The molecule has 1 unspecified atom stereocenters. The lowest BCUT2D eigenvalue weighted by Gasteiger charge is -2.21. The van der Waals surface area contributed by atoms with Crippen molar-refractivity contribution >= 4 is 6.08 Å². The molecule has 0 heterocycles. The highest BCUT2D eigenvalue weighted by molar-refractivity contribution is 5.55. The van der Waals surface area contributed by atoms with E-state index in [1.54, 1.807) is 30.3 Å². The average Bonchev–Trinajstić information content (AvgIpc) is 2.68. The Morgan fingerprint density at radius 1 is 0.903 bits per heavy atom. The van der Waals surface area contributed by atoms with Gasteiger partial charge in [0, 0.05) is 0 Å². The summed E-state index contributed by atoms with van der Waals surface area (Å²) in [4.78, 5) is 0. The summed E-state index contributed by atoms with van der Waals surface area (Å²) in [5.41, 5.74) is -3.55. The number of alkyl halides is 6. The van der Waals surface area contributed by atoms with Crippen LogP contribution in [0.5, 0.6) is 0 Å². The van der Waals surface area contributed by atoms with Gasteiger partial charge in [0.05, 0.1) is 30.8 Å². The molecule has 0 aliphatic heterocycles. The number of rotatable bonds is 7. The molecule has 3 nitrogen and oxygen atoms in total. The molecule has 31 heavy (non-hydrogen) atoms. The van der Waals surface area contributed by atoms with Crippen molar-refractivity contribution in [2.75, 3.05) is 7.11 Å². The Labute approximate surface area is 175 Å². The van der Waals surface area contributed by atoms with Gasteiger partial charge in [-0.3, -0.25) is 0 Å². The summed E-state index contributed by atoms with van der Waals surface area (Å²) in [6, 6.07) is 8.06. The van der Waals surface area contributed by atoms with Crippen molar-refractivity contribution < 1.29 is 40.9 Å². The number of halogens is 6. The minimum absolute atomic E-state index is 0.0502. The molecule has 0 saturated carbocycles. The standard InChI is InChI=1S/C22H20F6O3/c1-20(29,19-6-4-3-5-16(19)7-9-30-2)8-10-31-14-15-11-17(21(23,24)25)13-18(12-15)22(26,27)28/h3-13,29H,14H2,1-2H3. The molecule has 0 aliphatic carbocycles. The Bertz CT molecular complexity index is 911. The van der Waals surface area contributed by atoms with Gasteiger partial charge in [0.1, 0.15) is 12.2 Å². The first-order valence-electron chi connectivity index (χ1n) is 8.93. The van der Waals surface area contributed by atoms with E-state index in [9.17, 15) is 31.4 Å². The van der Waals surface area contributed by atoms with Gasteiger partial charge in [-0.05, 0) is 54.0 Å². The lowest BCUT2D eigenvalue weighted by Crippen LogP contribution is -2.19. The summed E-state index contributed by atoms with van der Waals surface area (Å²) >= 11 is 0. The third-order valence-electron chi connectivity index (χ3n) is 4.28. The Morgan fingerprint density at radius 3 is 2.03 bits per heavy atom. The molecule has 168 valence electrons. The number of aliphatic hydroxyl groups is 1. The van der Waals surface area contributed by atoms with E-state index in [0.29, 0.717) is 23.3 Å². The fraction of sp³-hybridized carbons (Fsp3) is 0.273. The van der Waals surface area contributed by atoms with Gasteiger partial charge in [-0.25, -0.2) is 0 Å². The molecule has 0 radical (unpaired) electrons. The van der Waals surface area contributed by atoms with Crippen molar-refractivity contribution in [2.24, 2.45) is 0 Å². The lowest BCUT2D eigenvalue weighted by atomic mass is 9.91. The van der Waals surface area contributed by atoms with Crippen LogP contribution in [-0.4, -0.2) is 12.2 Å². The van der Waals surface area contributed by atoms with Gasteiger partial charge in [0.15, 0.2) is 0 Å². The van der Waals surface area contributed by atoms with E-state index in [-0.39, 0.29) is 11.6 Å². The van der Waals surface area contributed by atoms with Crippen LogP contribution in [0.2, 0.25) is 0 Å².